The largest absolute Gasteiger partial charge is 0.475 e. The molecular formula is C23H29NO4. The Bertz CT molecular complexity index is 872. The lowest BCUT2D eigenvalue weighted by Crippen LogP contribution is -2.61. The van der Waals surface area contributed by atoms with E-state index in [4.69, 9.17) is 9.73 Å². The number of rotatable bonds is 1. The van der Waals surface area contributed by atoms with Crippen molar-refractivity contribution in [1.82, 2.24) is 0 Å². The summed E-state index contributed by atoms with van der Waals surface area (Å²) in [5, 5.41) is 11.4. The minimum absolute atomic E-state index is 0.0465. The Morgan fingerprint density at radius 2 is 2.11 bits per heavy atom. The average molecular weight is 383 g/mol. The highest BCUT2D eigenvalue weighted by Crippen LogP contribution is 2.69. The number of carbonyl (C=O) groups is 2. The second kappa shape index (κ2) is 5.44. The molecule has 3 fully saturated rings. The van der Waals surface area contributed by atoms with Crippen molar-refractivity contribution in [3.63, 3.8) is 0 Å². The molecule has 0 spiro atoms. The highest BCUT2D eigenvalue weighted by Gasteiger charge is 2.73. The van der Waals surface area contributed by atoms with Crippen molar-refractivity contribution < 1.29 is 19.4 Å². The van der Waals surface area contributed by atoms with Gasteiger partial charge in [0.1, 0.15) is 6.10 Å². The maximum Gasteiger partial charge on any atom is 0.181 e. The molecule has 5 rings (SSSR count). The number of nitrogens with zero attached hydrogens (tertiary/aromatic N) is 1. The first-order valence-corrected chi connectivity index (χ1v) is 10.5. The number of ketones is 2. The average Bonchev–Trinajstić information content (AvgIpc) is 3.06. The number of aliphatic hydroxyl groups is 1. The second-order valence-electron chi connectivity index (χ2n) is 10.0. The van der Waals surface area contributed by atoms with Gasteiger partial charge >= 0.3 is 0 Å². The van der Waals surface area contributed by atoms with Gasteiger partial charge in [-0.1, -0.05) is 25.5 Å². The summed E-state index contributed by atoms with van der Waals surface area (Å²) in [4.78, 5) is 29.6. The summed E-state index contributed by atoms with van der Waals surface area (Å²) >= 11 is 0. The molecule has 1 N–H and O–H groups in total. The van der Waals surface area contributed by atoms with Crippen molar-refractivity contribution in [2.75, 3.05) is 0 Å². The van der Waals surface area contributed by atoms with Crippen molar-refractivity contribution in [3.8, 4) is 0 Å². The number of hydrogen-bond donors (Lipinski definition) is 1. The van der Waals surface area contributed by atoms with Crippen LogP contribution >= 0.6 is 0 Å². The van der Waals surface area contributed by atoms with Crippen molar-refractivity contribution in [2.24, 2.45) is 33.6 Å². The molecule has 5 unspecified atom stereocenters. The van der Waals surface area contributed by atoms with Gasteiger partial charge in [0, 0.05) is 23.7 Å². The number of carbonyl (C=O) groups excluding carboxylic acids is 2. The molecule has 0 aromatic heterocycles. The van der Waals surface area contributed by atoms with Gasteiger partial charge in [-0.3, -0.25) is 9.59 Å². The van der Waals surface area contributed by atoms with E-state index in [9.17, 15) is 14.7 Å². The first-order chi connectivity index (χ1) is 13.1. The predicted octanol–water partition coefficient (Wildman–Crippen LogP) is 3.02. The van der Waals surface area contributed by atoms with Gasteiger partial charge in [-0.15, -0.1) is 0 Å². The normalized spacial score (nSPS) is 51.3. The lowest BCUT2D eigenvalue weighted by Gasteiger charge is -2.59. The summed E-state index contributed by atoms with van der Waals surface area (Å²) in [6, 6.07) is 0. The van der Waals surface area contributed by atoms with Crippen molar-refractivity contribution in [1.29, 1.82) is 0 Å². The molecule has 0 amide bonds. The van der Waals surface area contributed by atoms with Crippen molar-refractivity contribution in [3.05, 3.63) is 23.8 Å². The Labute approximate surface area is 165 Å². The summed E-state index contributed by atoms with van der Waals surface area (Å²) in [5.41, 5.74) is -0.427. The zero-order valence-electron chi connectivity index (χ0n) is 17.1. The van der Waals surface area contributed by atoms with Gasteiger partial charge in [0.2, 0.25) is 0 Å². The van der Waals surface area contributed by atoms with Gasteiger partial charge in [0.25, 0.3) is 0 Å². The second-order valence-corrected chi connectivity index (χ2v) is 10.0. The van der Waals surface area contributed by atoms with Gasteiger partial charge in [-0.2, -0.15) is 0 Å². The van der Waals surface area contributed by atoms with Gasteiger partial charge < -0.3 is 9.84 Å². The fraction of sp³-hybridized carbons (Fsp3) is 0.696. The van der Waals surface area contributed by atoms with Crippen LogP contribution in [0.5, 0.6) is 0 Å². The maximum absolute atomic E-state index is 12.9. The van der Waals surface area contributed by atoms with Crippen LogP contribution in [0, 0.1) is 28.6 Å². The van der Waals surface area contributed by atoms with Crippen LogP contribution in [0.15, 0.2) is 28.8 Å². The summed E-state index contributed by atoms with van der Waals surface area (Å²) in [6.45, 7) is 7.77. The lowest BCUT2D eigenvalue weighted by atomic mass is 9.46. The number of fused-ring (bicyclic) bond motifs is 7. The Balaban J connectivity index is 1.61. The zero-order valence-corrected chi connectivity index (χ0v) is 17.1. The van der Waals surface area contributed by atoms with E-state index in [1.807, 2.05) is 13.0 Å². The molecule has 0 saturated heterocycles. The quantitative estimate of drug-likeness (QED) is 0.755. The zero-order chi connectivity index (χ0) is 20.1. The first kappa shape index (κ1) is 18.3. The van der Waals surface area contributed by atoms with E-state index < -0.39 is 17.1 Å². The smallest absolute Gasteiger partial charge is 0.181 e. The SMILES string of the molecule is CC(=O)[C@@]12N=C(C)OC1CC1C3CCC4=CC(=O)C=C[C@]4(C)C3C(O)C[C@@]12C. The van der Waals surface area contributed by atoms with Gasteiger partial charge in [-0.25, -0.2) is 4.99 Å². The third-order valence-electron chi connectivity index (χ3n) is 8.87. The fourth-order valence-corrected chi connectivity index (χ4v) is 7.84. The standard InChI is InChI=1S/C23H29NO4/c1-12(25)23-19(28-13(2)24-23)10-17-16-6-5-14-9-15(26)7-8-21(14,3)20(16)18(27)11-22(17,23)4/h7-9,16-20,27H,5-6,10-11H2,1-4H3/t16?,17?,18?,19?,20?,21-,22-,23+/m0/s1. The summed E-state index contributed by atoms with van der Waals surface area (Å²) in [5.74, 6) is 1.31. The maximum atomic E-state index is 12.9. The minimum atomic E-state index is -0.872. The summed E-state index contributed by atoms with van der Waals surface area (Å²) in [6.07, 6.45) is 7.84. The molecule has 5 nitrogen and oxygen atoms in total. The number of allylic oxidation sites excluding steroid dienone is 4. The minimum Gasteiger partial charge on any atom is -0.475 e. The van der Waals surface area contributed by atoms with E-state index in [0.717, 1.165) is 24.8 Å². The summed E-state index contributed by atoms with van der Waals surface area (Å²) in [7, 11) is 0. The molecule has 4 aliphatic carbocycles. The van der Waals surface area contributed by atoms with Crippen molar-refractivity contribution in [2.45, 2.75) is 71.1 Å². The van der Waals surface area contributed by atoms with E-state index in [1.165, 1.54) is 0 Å². The van der Waals surface area contributed by atoms with Crippen LogP contribution < -0.4 is 0 Å². The molecule has 0 bridgehead atoms. The lowest BCUT2D eigenvalue weighted by molar-refractivity contribution is -0.142. The molecule has 5 aliphatic rings. The molecule has 1 aliphatic heterocycles. The number of ether oxygens (including phenoxy) is 1. The number of Topliss-reactive ketones (excluding diaryl/α,β-unsaturated/α-hetero) is 1. The predicted molar refractivity (Wildman–Crippen MR) is 105 cm³/mol. The Morgan fingerprint density at radius 1 is 1.36 bits per heavy atom. The topological polar surface area (TPSA) is 76.0 Å². The highest BCUT2D eigenvalue weighted by atomic mass is 16.5. The Kier molecular flexibility index (Phi) is 3.55. The molecule has 0 aromatic rings. The molecule has 0 aromatic carbocycles. The molecule has 0 radical (unpaired) electrons. The fourth-order valence-electron chi connectivity index (χ4n) is 7.84. The number of hydrogen-bond acceptors (Lipinski definition) is 5. The molecular weight excluding hydrogens is 354 g/mol. The molecule has 5 heteroatoms. The first-order valence-electron chi connectivity index (χ1n) is 10.5. The molecule has 3 saturated carbocycles. The molecule has 150 valence electrons. The Morgan fingerprint density at radius 3 is 2.82 bits per heavy atom. The highest BCUT2D eigenvalue weighted by molar-refractivity contribution is 6.01. The monoisotopic (exact) mass is 383 g/mol. The number of aliphatic imine (C=N–C) groups is 1. The van der Waals surface area contributed by atoms with Crippen LogP contribution in [0.2, 0.25) is 0 Å². The van der Waals surface area contributed by atoms with Crippen molar-refractivity contribution >= 4 is 17.5 Å². The third-order valence-corrected chi connectivity index (χ3v) is 8.87. The van der Waals surface area contributed by atoms with E-state index in [2.05, 4.69) is 13.8 Å². The van der Waals surface area contributed by atoms with Crippen LogP contribution in [0.4, 0.5) is 0 Å². The van der Waals surface area contributed by atoms with Crippen LogP contribution in [-0.4, -0.2) is 40.3 Å². The van der Waals surface area contributed by atoms with E-state index >= 15 is 0 Å². The van der Waals surface area contributed by atoms with Crippen LogP contribution in [0.3, 0.4) is 0 Å². The molecule has 28 heavy (non-hydrogen) atoms. The van der Waals surface area contributed by atoms with Gasteiger partial charge in [0.15, 0.2) is 23.0 Å². The molecule has 8 atom stereocenters. The van der Waals surface area contributed by atoms with Crippen LogP contribution in [0.25, 0.3) is 0 Å². The van der Waals surface area contributed by atoms with Crippen LogP contribution in [0.1, 0.15) is 53.4 Å². The van der Waals surface area contributed by atoms with E-state index in [0.29, 0.717) is 12.3 Å². The Hall–Kier alpha value is -1.75. The van der Waals surface area contributed by atoms with Gasteiger partial charge in [-0.05, 0) is 56.6 Å². The molecule has 1 heterocycles. The van der Waals surface area contributed by atoms with Gasteiger partial charge in [0.05, 0.1) is 6.10 Å². The number of aliphatic hydroxyl groups excluding tert-OH is 1. The van der Waals surface area contributed by atoms with Crippen LogP contribution in [-0.2, 0) is 14.3 Å². The summed E-state index contributed by atoms with van der Waals surface area (Å²) < 4.78 is 6.05. The van der Waals surface area contributed by atoms with E-state index in [-0.39, 0.29) is 40.8 Å². The van der Waals surface area contributed by atoms with E-state index in [1.54, 1.807) is 19.1 Å². The third kappa shape index (κ3) is 1.94.